The van der Waals surface area contributed by atoms with Gasteiger partial charge in [0.1, 0.15) is 5.82 Å². The van der Waals surface area contributed by atoms with Gasteiger partial charge in [0.05, 0.1) is 11.6 Å². The summed E-state index contributed by atoms with van der Waals surface area (Å²) >= 11 is 0. The summed E-state index contributed by atoms with van der Waals surface area (Å²) in [4.78, 5) is 28.6. The van der Waals surface area contributed by atoms with Gasteiger partial charge in [0.25, 0.3) is 0 Å². The summed E-state index contributed by atoms with van der Waals surface area (Å²) in [5.41, 5.74) is 0.144. The van der Waals surface area contributed by atoms with Crippen molar-refractivity contribution in [3.63, 3.8) is 0 Å². The Balaban J connectivity index is 1.57. The molecule has 0 bridgehead atoms. The molecule has 142 valence electrons. The molecule has 2 amide bonds. The van der Waals surface area contributed by atoms with Gasteiger partial charge in [-0.25, -0.2) is 4.39 Å². The van der Waals surface area contributed by atoms with E-state index in [2.05, 4.69) is 24.1 Å². The number of halogens is 1. The van der Waals surface area contributed by atoms with Crippen molar-refractivity contribution in [1.82, 2.24) is 10.2 Å². The van der Waals surface area contributed by atoms with Crippen molar-refractivity contribution in [3.8, 4) is 0 Å². The molecule has 1 unspecified atom stereocenters. The summed E-state index contributed by atoms with van der Waals surface area (Å²) < 4.78 is 14.0. The van der Waals surface area contributed by atoms with Crippen LogP contribution in [0, 0.1) is 11.7 Å². The number of carbonyl (C=O) groups excluding carboxylic acids is 2. The first-order chi connectivity index (χ1) is 12.4. The number of carbonyl (C=O) groups is 2. The zero-order chi connectivity index (χ0) is 18.7. The summed E-state index contributed by atoms with van der Waals surface area (Å²) in [6.07, 6.45) is 3.80. The van der Waals surface area contributed by atoms with Gasteiger partial charge in [-0.3, -0.25) is 14.5 Å². The Labute approximate surface area is 154 Å². The first-order valence-electron chi connectivity index (χ1n) is 9.46. The van der Waals surface area contributed by atoms with E-state index in [0.717, 1.165) is 13.1 Å². The molecule has 1 aromatic rings. The summed E-state index contributed by atoms with van der Waals surface area (Å²) in [6, 6.07) is 6.19. The lowest BCUT2D eigenvalue weighted by molar-refractivity contribution is -0.126. The van der Waals surface area contributed by atoms with E-state index in [1.54, 1.807) is 18.2 Å². The maximum atomic E-state index is 14.0. The number of rotatable bonds is 5. The van der Waals surface area contributed by atoms with Crippen molar-refractivity contribution in [2.45, 2.75) is 45.1 Å². The lowest BCUT2D eigenvalue weighted by atomic mass is 9.98. The summed E-state index contributed by atoms with van der Waals surface area (Å²) in [5, 5.41) is 3.02. The zero-order valence-electron chi connectivity index (χ0n) is 15.6. The molecule has 6 heteroatoms. The molecule has 2 fully saturated rings. The minimum atomic E-state index is -0.437. The van der Waals surface area contributed by atoms with E-state index in [-0.39, 0.29) is 36.0 Å². The predicted molar refractivity (Wildman–Crippen MR) is 99.4 cm³/mol. The Morgan fingerprint density at radius 2 is 1.92 bits per heavy atom. The van der Waals surface area contributed by atoms with Crippen molar-refractivity contribution >= 4 is 17.5 Å². The topological polar surface area (TPSA) is 52.7 Å². The van der Waals surface area contributed by atoms with Crippen LogP contribution in [0.5, 0.6) is 0 Å². The lowest BCUT2D eigenvalue weighted by Crippen LogP contribution is -2.54. The number of nitrogens with zero attached hydrogens (tertiary/aromatic N) is 2. The number of hydrogen-bond acceptors (Lipinski definition) is 3. The molecule has 1 aromatic carbocycles. The fourth-order valence-electron chi connectivity index (χ4n) is 3.85. The highest BCUT2D eigenvalue weighted by Crippen LogP contribution is 2.27. The highest BCUT2D eigenvalue weighted by molar-refractivity contribution is 6.00. The maximum Gasteiger partial charge on any atom is 0.227 e. The lowest BCUT2D eigenvalue weighted by Gasteiger charge is -2.41. The third kappa shape index (κ3) is 4.06. The highest BCUT2D eigenvalue weighted by atomic mass is 19.1. The smallest absolute Gasteiger partial charge is 0.227 e. The number of para-hydroxylation sites is 1. The fourth-order valence-corrected chi connectivity index (χ4v) is 3.85. The molecule has 3 rings (SSSR count). The molecular weight excluding hydrogens is 333 g/mol. The van der Waals surface area contributed by atoms with Gasteiger partial charge in [-0.05, 0) is 51.9 Å². The second kappa shape index (κ2) is 7.74. The van der Waals surface area contributed by atoms with Gasteiger partial charge >= 0.3 is 0 Å². The van der Waals surface area contributed by atoms with E-state index in [0.29, 0.717) is 6.54 Å². The van der Waals surface area contributed by atoms with E-state index < -0.39 is 11.7 Å². The summed E-state index contributed by atoms with van der Waals surface area (Å²) in [7, 11) is 0. The van der Waals surface area contributed by atoms with Gasteiger partial charge in [-0.15, -0.1) is 0 Å². The van der Waals surface area contributed by atoms with Crippen LogP contribution in [0.25, 0.3) is 0 Å². The maximum absolute atomic E-state index is 14.0. The number of piperidine rings is 1. The Kier molecular flexibility index (Phi) is 5.61. The van der Waals surface area contributed by atoms with E-state index in [1.165, 1.54) is 30.2 Å². The number of anilines is 1. The second-order valence-corrected chi connectivity index (χ2v) is 7.93. The predicted octanol–water partition coefficient (Wildman–Crippen LogP) is 2.56. The van der Waals surface area contributed by atoms with E-state index >= 15 is 0 Å². The van der Waals surface area contributed by atoms with Gasteiger partial charge in [0, 0.05) is 25.0 Å². The molecule has 1 N–H and O–H groups in total. The first-order valence-corrected chi connectivity index (χ1v) is 9.46. The Morgan fingerprint density at radius 1 is 1.23 bits per heavy atom. The van der Waals surface area contributed by atoms with Crippen molar-refractivity contribution in [1.29, 1.82) is 0 Å². The van der Waals surface area contributed by atoms with Crippen LogP contribution < -0.4 is 10.2 Å². The molecule has 26 heavy (non-hydrogen) atoms. The van der Waals surface area contributed by atoms with E-state index in [1.807, 2.05) is 0 Å². The minimum Gasteiger partial charge on any atom is -0.354 e. The molecule has 0 saturated carbocycles. The fraction of sp³-hybridized carbons (Fsp3) is 0.600. The van der Waals surface area contributed by atoms with Crippen LogP contribution in [0.4, 0.5) is 10.1 Å². The monoisotopic (exact) mass is 361 g/mol. The van der Waals surface area contributed by atoms with Crippen LogP contribution in [0.2, 0.25) is 0 Å². The SMILES string of the molecule is CC(C)(CNC(=O)C1CC(=O)N(c2ccccc2F)C1)N1CCCCC1. The van der Waals surface area contributed by atoms with Crippen molar-refractivity contribution < 1.29 is 14.0 Å². The third-order valence-electron chi connectivity index (χ3n) is 5.55. The molecular formula is C20H28FN3O2. The second-order valence-electron chi connectivity index (χ2n) is 7.93. The molecule has 0 radical (unpaired) electrons. The normalized spacial score (nSPS) is 21.9. The van der Waals surface area contributed by atoms with Crippen molar-refractivity contribution in [2.75, 3.05) is 31.1 Å². The number of amides is 2. The van der Waals surface area contributed by atoms with Gasteiger partial charge in [0.15, 0.2) is 0 Å². The molecule has 0 aliphatic carbocycles. The quantitative estimate of drug-likeness (QED) is 0.877. The number of benzene rings is 1. The standard InChI is InChI=1S/C20H28FN3O2/c1-20(2,23-10-6-3-7-11-23)14-22-19(26)15-12-18(25)24(13-15)17-9-5-4-8-16(17)21/h4-5,8-9,15H,3,6-7,10-14H2,1-2H3,(H,22,26). The molecule has 0 spiro atoms. The Hall–Kier alpha value is -1.95. The van der Waals surface area contributed by atoms with Gasteiger partial charge < -0.3 is 10.2 Å². The zero-order valence-corrected chi connectivity index (χ0v) is 15.6. The number of hydrogen-bond donors (Lipinski definition) is 1. The van der Waals surface area contributed by atoms with Gasteiger partial charge in [-0.1, -0.05) is 18.6 Å². The molecule has 2 aliphatic rings. The van der Waals surface area contributed by atoms with E-state index in [4.69, 9.17) is 0 Å². The molecule has 5 nitrogen and oxygen atoms in total. The van der Waals surface area contributed by atoms with Crippen LogP contribution in [-0.4, -0.2) is 48.4 Å². The minimum absolute atomic E-state index is 0.107. The summed E-state index contributed by atoms with van der Waals surface area (Å²) in [5.74, 6) is -1.19. The number of likely N-dealkylation sites (tertiary alicyclic amines) is 1. The van der Waals surface area contributed by atoms with Crippen LogP contribution in [0.3, 0.4) is 0 Å². The molecule has 2 saturated heterocycles. The van der Waals surface area contributed by atoms with Gasteiger partial charge in [-0.2, -0.15) is 0 Å². The third-order valence-corrected chi connectivity index (χ3v) is 5.55. The van der Waals surface area contributed by atoms with Crippen LogP contribution in [-0.2, 0) is 9.59 Å². The average Bonchev–Trinajstić information content (AvgIpc) is 3.02. The van der Waals surface area contributed by atoms with Crippen LogP contribution in [0.1, 0.15) is 39.5 Å². The number of nitrogens with one attached hydrogen (secondary N) is 1. The average molecular weight is 361 g/mol. The van der Waals surface area contributed by atoms with Gasteiger partial charge in [0.2, 0.25) is 11.8 Å². The highest BCUT2D eigenvalue weighted by Gasteiger charge is 2.37. The Bertz CT molecular complexity index is 671. The summed E-state index contributed by atoms with van der Waals surface area (Å²) in [6.45, 7) is 7.19. The van der Waals surface area contributed by atoms with Crippen molar-refractivity contribution in [3.05, 3.63) is 30.1 Å². The molecule has 1 atom stereocenters. The Morgan fingerprint density at radius 3 is 2.62 bits per heavy atom. The molecule has 2 aliphatic heterocycles. The molecule has 2 heterocycles. The largest absolute Gasteiger partial charge is 0.354 e. The van der Waals surface area contributed by atoms with Crippen LogP contribution in [0.15, 0.2) is 24.3 Å². The molecule has 0 aromatic heterocycles. The first kappa shape index (κ1) is 18.8. The van der Waals surface area contributed by atoms with Crippen LogP contribution >= 0.6 is 0 Å². The van der Waals surface area contributed by atoms with E-state index in [9.17, 15) is 14.0 Å². The van der Waals surface area contributed by atoms with Crippen molar-refractivity contribution in [2.24, 2.45) is 5.92 Å².